The molecule has 1 aliphatic rings. The average Bonchev–Trinajstić information content (AvgIpc) is 2.93. The van der Waals surface area contributed by atoms with Gasteiger partial charge in [-0.3, -0.25) is 4.79 Å². The first-order chi connectivity index (χ1) is 11.1. The van der Waals surface area contributed by atoms with Crippen LogP contribution in [-0.2, 0) is 13.0 Å². The first-order valence-electron chi connectivity index (χ1n) is 7.70. The Kier molecular flexibility index (Phi) is 2.85. The lowest BCUT2D eigenvalue weighted by atomic mass is 10.0. The summed E-state index contributed by atoms with van der Waals surface area (Å²) in [6.45, 7) is 4.50. The molecular formula is C19H15N3O. The van der Waals surface area contributed by atoms with E-state index in [-0.39, 0.29) is 5.56 Å². The van der Waals surface area contributed by atoms with Crippen molar-refractivity contribution < 1.29 is 0 Å². The van der Waals surface area contributed by atoms with Crippen molar-refractivity contribution in [2.24, 2.45) is 0 Å². The smallest absolute Gasteiger partial charge is 0.254 e. The summed E-state index contributed by atoms with van der Waals surface area (Å²) >= 11 is 0. The average molecular weight is 301 g/mol. The van der Waals surface area contributed by atoms with E-state index in [0.29, 0.717) is 12.1 Å². The van der Waals surface area contributed by atoms with Gasteiger partial charge in [-0.15, -0.1) is 0 Å². The number of fused-ring (bicyclic) bond motifs is 4. The lowest BCUT2D eigenvalue weighted by Crippen LogP contribution is -2.22. The van der Waals surface area contributed by atoms with Gasteiger partial charge in [0.15, 0.2) is 0 Å². The summed E-state index contributed by atoms with van der Waals surface area (Å²) in [6, 6.07) is 11.8. The Morgan fingerprint density at radius 3 is 2.87 bits per heavy atom. The van der Waals surface area contributed by atoms with Crippen LogP contribution in [0.2, 0.25) is 0 Å². The zero-order valence-electron chi connectivity index (χ0n) is 13.1. The van der Waals surface area contributed by atoms with Crippen LogP contribution in [0.25, 0.3) is 22.3 Å². The van der Waals surface area contributed by atoms with Gasteiger partial charge in [0.1, 0.15) is 0 Å². The number of nitriles is 1. The van der Waals surface area contributed by atoms with Crippen molar-refractivity contribution in [3.63, 3.8) is 0 Å². The maximum absolute atomic E-state index is 12.6. The Balaban J connectivity index is 2.01. The largest absolute Gasteiger partial charge is 0.302 e. The van der Waals surface area contributed by atoms with Crippen molar-refractivity contribution in [2.75, 3.05) is 0 Å². The summed E-state index contributed by atoms with van der Waals surface area (Å²) < 4.78 is 1.80. The van der Waals surface area contributed by atoms with Crippen molar-refractivity contribution >= 4 is 10.9 Å². The summed E-state index contributed by atoms with van der Waals surface area (Å²) in [5.41, 5.74) is 6.26. The lowest BCUT2D eigenvalue weighted by Gasteiger charge is -2.08. The Hall–Kier alpha value is -2.93. The number of hydrogen-bond acceptors (Lipinski definition) is 3. The summed E-state index contributed by atoms with van der Waals surface area (Å²) in [5.74, 6) is 0. The standard InChI is InChI=1S/C19H15N3O/c1-3-13-8-17-18-15(10-22(17)19(23)11(13)2)7-14-6-12(9-20)4-5-16(14)21-18/h4-8H,3,10H2,1-2H3. The van der Waals surface area contributed by atoms with Crippen molar-refractivity contribution in [1.29, 1.82) is 5.26 Å². The highest BCUT2D eigenvalue weighted by Gasteiger charge is 2.23. The molecule has 1 aliphatic heterocycles. The molecule has 4 heteroatoms. The van der Waals surface area contributed by atoms with Crippen molar-refractivity contribution in [1.82, 2.24) is 9.55 Å². The Bertz CT molecular complexity index is 1070. The molecule has 3 heterocycles. The molecule has 0 N–H and O–H groups in total. The fourth-order valence-corrected chi connectivity index (χ4v) is 3.32. The highest BCUT2D eigenvalue weighted by Crippen LogP contribution is 2.32. The van der Waals surface area contributed by atoms with Crippen LogP contribution in [-0.4, -0.2) is 9.55 Å². The molecule has 4 rings (SSSR count). The summed E-state index contributed by atoms with van der Waals surface area (Å²) in [4.78, 5) is 17.3. The summed E-state index contributed by atoms with van der Waals surface area (Å²) in [6.07, 6.45) is 0.837. The highest BCUT2D eigenvalue weighted by molar-refractivity contribution is 5.85. The van der Waals surface area contributed by atoms with Crippen LogP contribution in [0.1, 0.15) is 29.2 Å². The molecule has 0 atom stereocenters. The van der Waals surface area contributed by atoms with Crippen molar-refractivity contribution in [3.05, 3.63) is 62.9 Å². The minimum Gasteiger partial charge on any atom is -0.302 e. The van der Waals surface area contributed by atoms with Crippen LogP contribution in [0.5, 0.6) is 0 Å². The van der Waals surface area contributed by atoms with Gasteiger partial charge < -0.3 is 4.57 Å². The molecule has 3 aromatic rings. The molecule has 0 spiro atoms. The number of hydrogen-bond donors (Lipinski definition) is 0. The van der Waals surface area contributed by atoms with Crippen LogP contribution in [0.4, 0.5) is 0 Å². The van der Waals surface area contributed by atoms with E-state index in [4.69, 9.17) is 10.2 Å². The van der Waals surface area contributed by atoms with E-state index < -0.39 is 0 Å². The van der Waals surface area contributed by atoms with Crippen molar-refractivity contribution in [3.8, 4) is 17.5 Å². The molecule has 23 heavy (non-hydrogen) atoms. The number of aryl methyl sites for hydroxylation is 1. The summed E-state index contributed by atoms with van der Waals surface area (Å²) in [7, 11) is 0. The number of rotatable bonds is 1. The maximum atomic E-state index is 12.6. The molecule has 0 saturated heterocycles. The molecule has 0 fully saturated rings. The van der Waals surface area contributed by atoms with Crippen molar-refractivity contribution in [2.45, 2.75) is 26.8 Å². The van der Waals surface area contributed by atoms with E-state index in [2.05, 4.69) is 19.1 Å². The number of aromatic nitrogens is 2. The maximum Gasteiger partial charge on any atom is 0.254 e. The van der Waals surface area contributed by atoms with Gasteiger partial charge in [-0.1, -0.05) is 6.92 Å². The SMILES string of the molecule is CCc1cc2n(c(=O)c1C)Cc1cc3cc(C#N)ccc3nc1-2. The predicted octanol–water partition coefficient (Wildman–Crippen LogP) is 3.17. The van der Waals surface area contributed by atoms with Crippen LogP contribution in [0.3, 0.4) is 0 Å². The molecule has 2 aromatic heterocycles. The third kappa shape index (κ3) is 1.90. The second kappa shape index (κ2) is 4.79. The molecule has 0 aliphatic carbocycles. The van der Waals surface area contributed by atoms with E-state index in [1.54, 1.807) is 10.6 Å². The second-order valence-corrected chi connectivity index (χ2v) is 5.94. The first kappa shape index (κ1) is 13.7. The third-order valence-corrected chi connectivity index (χ3v) is 4.62. The van der Waals surface area contributed by atoms with E-state index in [1.807, 2.05) is 25.1 Å². The Morgan fingerprint density at radius 2 is 2.13 bits per heavy atom. The molecular weight excluding hydrogens is 286 g/mol. The molecule has 0 unspecified atom stereocenters. The molecule has 112 valence electrons. The highest BCUT2D eigenvalue weighted by atomic mass is 16.1. The molecule has 1 aromatic carbocycles. The molecule has 4 nitrogen and oxygen atoms in total. The first-order valence-corrected chi connectivity index (χ1v) is 7.70. The fourth-order valence-electron chi connectivity index (χ4n) is 3.32. The number of benzene rings is 1. The van der Waals surface area contributed by atoms with Gasteiger partial charge in [0, 0.05) is 16.5 Å². The molecule has 0 radical (unpaired) electrons. The zero-order valence-corrected chi connectivity index (χ0v) is 13.1. The second-order valence-electron chi connectivity index (χ2n) is 5.94. The zero-order chi connectivity index (χ0) is 16.1. The van der Waals surface area contributed by atoms with E-state index in [9.17, 15) is 4.79 Å². The topological polar surface area (TPSA) is 58.7 Å². The predicted molar refractivity (Wildman–Crippen MR) is 89.4 cm³/mol. The third-order valence-electron chi connectivity index (χ3n) is 4.62. The Morgan fingerprint density at radius 1 is 1.30 bits per heavy atom. The molecule has 0 saturated carbocycles. The van der Waals surface area contributed by atoms with Gasteiger partial charge in [0.25, 0.3) is 5.56 Å². The number of nitrogens with zero attached hydrogens (tertiary/aromatic N) is 3. The monoisotopic (exact) mass is 301 g/mol. The van der Waals surface area contributed by atoms with E-state index >= 15 is 0 Å². The quantitative estimate of drug-likeness (QED) is 0.542. The fraction of sp³-hybridized carbons (Fsp3) is 0.211. The molecule has 0 amide bonds. The minimum atomic E-state index is 0.0686. The van der Waals surface area contributed by atoms with E-state index in [0.717, 1.165) is 45.4 Å². The lowest BCUT2D eigenvalue weighted by molar-refractivity contribution is 0.788. The normalized spacial score (nSPS) is 12.0. The van der Waals surface area contributed by atoms with E-state index in [1.165, 1.54) is 0 Å². The van der Waals surface area contributed by atoms with Crippen LogP contribution in [0.15, 0.2) is 35.1 Å². The van der Waals surface area contributed by atoms with Gasteiger partial charge >= 0.3 is 0 Å². The van der Waals surface area contributed by atoms with Gasteiger partial charge in [0.05, 0.1) is 35.1 Å². The van der Waals surface area contributed by atoms with Gasteiger partial charge in [-0.2, -0.15) is 5.26 Å². The minimum absolute atomic E-state index is 0.0686. The van der Waals surface area contributed by atoms with Crippen LogP contribution in [0, 0.1) is 18.3 Å². The van der Waals surface area contributed by atoms with Crippen LogP contribution >= 0.6 is 0 Å². The van der Waals surface area contributed by atoms with Gasteiger partial charge in [0.2, 0.25) is 0 Å². The van der Waals surface area contributed by atoms with Gasteiger partial charge in [-0.05, 0) is 49.2 Å². The van der Waals surface area contributed by atoms with Gasteiger partial charge in [-0.25, -0.2) is 4.98 Å². The summed E-state index contributed by atoms with van der Waals surface area (Å²) in [5, 5.41) is 9.98. The van der Waals surface area contributed by atoms with Crippen LogP contribution < -0.4 is 5.56 Å². The Labute approximate surface area is 133 Å². The molecule has 0 bridgehead atoms. The number of pyridine rings is 2.